The zero-order valence-electron chi connectivity index (χ0n) is 17.6. The maximum Gasteiger partial charge on any atom is 0.241 e. The lowest BCUT2D eigenvalue weighted by Crippen LogP contribution is -2.46. The second-order valence-corrected chi connectivity index (χ2v) is 8.82. The zero-order valence-corrected chi connectivity index (χ0v) is 18.4. The quantitative estimate of drug-likeness (QED) is 0.564. The molecule has 1 saturated heterocycles. The minimum Gasteiger partial charge on any atom is -0.351 e. The van der Waals surface area contributed by atoms with Crippen LogP contribution in [0.3, 0.4) is 0 Å². The lowest BCUT2D eigenvalue weighted by atomic mass is 9.90. The Morgan fingerprint density at radius 3 is 2.55 bits per heavy atom. The van der Waals surface area contributed by atoms with Crippen molar-refractivity contribution in [3.63, 3.8) is 0 Å². The number of guanidine groups is 1. The van der Waals surface area contributed by atoms with Crippen LogP contribution in [0, 0.1) is 19.8 Å². The molecule has 0 spiro atoms. The average Bonchev–Trinajstić information content (AvgIpc) is 3.06. The van der Waals surface area contributed by atoms with E-state index in [0.717, 1.165) is 43.1 Å². The van der Waals surface area contributed by atoms with Crippen LogP contribution in [0.5, 0.6) is 0 Å². The Bertz CT molecular complexity index is 825. The van der Waals surface area contributed by atoms with E-state index in [-0.39, 0.29) is 12.5 Å². The van der Waals surface area contributed by atoms with Gasteiger partial charge in [-0.05, 0) is 44.6 Å². The van der Waals surface area contributed by atoms with Gasteiger partial charge in [-0.25, -0.2) is 4.98 Å². The molecular weight excluding hydrogens is 382 g/mol. The second-order valence-electron chi connectivity index (χ2n) is 7.53. The molecule has 7 heteroatoms. The number of rotatable bonds is 6. The smallest absolute Gasteiger partial charge is 0.241 e. The number of aryl methyl sites for hydroxylation is 2. The van der Waals surface area contributed by atoms with Gasteiger partial charge in [0.15, 0.2) is 5.96 Å². The highest BCUT2D eigenvalue weighted by atomic mass is 32.1. The van der Waals surface area contributed by atoms with E-state index in [1.165, 1.54) is 10.4 Å². The van der Waals surface area contributed by atoms with Crippen LogP contribution in [0.15, 0.2) is 35.3 Å². The van der Waals surface area contributed by atoms with Crippen LogP contribution in [0.2, 0.25) is 0 Å². The normalized spacial score (nSPS) is 15.4. The highest BCUT2D eigenvalue weighted by Gasteiger charge is 2.23. The number of likely N-dealkylation sites (tertiary alicyclic amines) is 1. The van der Waals surface area contributed by atoms with Crippen molar-refractivity contribution >= 4 is 23.2 Å². The number of carbonyl (C=O) groups is 1. The Morgan fingerprint density at radius 1 is 1.21 bits per heavy atom. The first-order valence-electron chi connectivity index (χ1n) is 10.2. The SMILES string of the molecule is CN=C(NCC(=O)N1CCC(Cc2ccccc2)CC1)NCc1sc(C)nc1C. The van der Waals surface area contributed by atoms with Crippen molar-refractivity contribution in [2.45, 2.75) is 39.7 Å². The number of aliphatic imine (C=N–C) groups is 1. The molecular formula is C22H31N5OS. The molecule has 3 rings (SSSR count). The summed E-state index contributed by atoms with van der Waals surface area (Å²) in [6, 6.07) is 10.6. The number of thiazole rings is 1. The van der Waals surface area contributed by atoms with E-state index in [1.807, 2.05) is 18.7 Å². The van der Waals surface area contributed by atoms with Gasteiger partial charge in [0.2, 0.25) is 5.91 Å². The molecule has 1 aliphatic rings. The van der Waals surface area contributed by atoms with E-state index in [4.69, 9.17) is 0 Å². The number of piperidine rings is 1. The summed E-state index contributed by atoms with van der Waals surface area (Å²) < 4.78 is 0. The second kappa shape index (κ2) is 10.4. The summed E-state index contributed by atoms with van der Waals surface area (Å²) >= 11 is 1.68. The largest absolute Gasteiger partial charge is 0.351 e. The van der Waals surface area contributed by atoms with Gasteiger partial charge in [-0.3, -0.25) is 9.79 Å². The van der Waals surface area contributed by atoms with Crippen LogP contribution in [0.1, 0.15) is 34.0 Å². The summed E-state index contributed by atoms with van der Waals surface area (Å²) in [7, 11) is 1.72. The predicted octanol–water partition coefficient (Wildman–Crippen LogP) is 2.91. The van der Waals surface area contributed by atoms with Gasteiger partial charge in [0.1, 0.15) is 0 Å². The molecule has 0 saturated carbocycles. The van der Waals surface area contributed by atoms with Gasteiger partial charge >= 0.3 is 0 Å². The fraction of sp³-hybridized carbons (Fsp3) is 0.500. The molecule has 1 aromatic heterocycles. The van der Waals surface area contributed by atoms with Crippen molar-refractivity contribution in [1.29, 1.82) is 0 Å². The number of aromatic nitrogens is 1. The molecule has 0 unspecified atom stereocenters. The van der Waals surface area contributed by atoms with E-state index >= 15 is 0 Å². The molecule has 156 valence electrons. The third-order valence-electron chi connectivity index (χ3n) is 5.38. The maximum absolute atomic E-state index is 12.6. The molecule has 1 amide bonds. The monoisotopic (exact) mass is 413 g/mol. The lowest BCUT2D eigenvalue weighted by Gasteiger charge is -2.32. The predicted molar refractivity (Wildman–Crippen MR) is 119 cm³/mol. The molecule has 2 N–H and O–H groups in total. The van der Waals surface area contributed by atoms with Crippen molar-refractivity contribution in [2.75, 3.05) is 26.7 Å². The number of benzene rings is 1. The van der Waals surface area contributed by atoms with Crippen molar-refractivity contribution in [2.24, 2.45) is 10.9 Å². The molecule has 29 heavy (non-hydrogen) atoms. The first-order valence-corrected chi connectivity index (χ1v) is 11.1. The van der Waals surface area contributed by atoms with Gasteiger partial charge in [0.25, 0.3) is 0 Å². The van der Waals surface area contributed by atoms with E-state index < -0.39 is 0 Å². The summed E-state index contributed by atoms with van der Waals surface area (Å²) in [6.07, 6.45) is 3.24. The highest BCUT2D eigenvalue weighted by molar-refractivity contribution is 7.11. The first-order chi connectivity index (χ1) is 14.0. The van der Waals surface area contributed by atoms with Crippen LogP contribution in [0.4, 0.5) is 0 Å². The van der Waals surface area contributed by atoms with Crippen molar-refractivity contribution in [3.8, 4) is 0 Å². The maximum atomic E-state index is 12.6. The van der Waals surface area contributed by atoms with Gasteiger partial charge in [-0.1, -0.05) is 30.3 Å². The topological polar surface area (TPSA) is 69.6 Å². The van der Waals surface area contributed by atoms with Crippen LogP contribution >= 0.6 is 11.3 Å². The molecule has 0 bridgehead atoms. The zero-order chi connectivity index (χ0) is 20.6. The third kappa shape index (κ3) is 6.29. The van der Waals surface area contributed by atoms with Crippen LogP contribution in [0.25, 0.3) is 0 Å². The molecule has 0 atom stereocenters. The van der Waals surface area contributed by atoms with Gasteiger partial charge in [0.05, 0.1) is 23.8 Å². The van der Waals surface area contributed by atoms with E-state index in [2.05, 4.69) is 50.9 Å². The molecule has 6 nitrogen and oxygen atoms in total. The van der Waals surface area contributed by atoms with E-state index in [9.17, 15) is 4.79 Å². The number of amides is 1. The van der Waals surface area contributed by atoms with E-state index in [0.29, 0.717) is 18.4 Å². The summed E-state index contributed by atoms with van der Waals surface area (Å²) in [4.78, 5) is 24.4. The van der Waals surface area contributed by atoms with Gasteiger partial charge in [-0.15, -0.1) is 11.3 Å². The van der Waals surface area contributed by atoms with Gasteiger partial charge in [-0.2, -0.15) is 0 Å². The van der Waals surface area contributed by atoms with Crippen LogP contribution in [-0.4, -0.2) is 48.4 Å². The fourth-order valence-electron chi connectivity index (χ4n) is 3.73. The number of carbonyl (C=O) groups excluding carboxylic acids is 1. The third-order valence-corrected chi connectivity index (χ3v) is 6.45. The van der Waals surface area contributed by atoms with E-state index in [1.54, 1.807) is 18.4 Å². The summed E-state index contributed by atoms with van der Waals surface area (Å²) in [5, 5.41) is 7.48. The first kappa shape index (κ1) is 21.3. The van der Waals surface area contributed by atoms with Gasteiger partial charge < -0.3 is 15.5 Å². The molecule has 1 fully saturated rings. The Kier molecular flexibility index (Phi) is 7.63. The van der Waals surface area contributed by atoms with Crippen molar-refractivity contribution in [1.82, 2.24) is 20.5 Å². The minimum absolute atomic E-state index is 0.135. The fourth-order valence-corrected chi connectivity index (χ4v) is 4.60. The molecule has 0 aliphatic carbocycles. The van der Waals surface area contributed by atoms with Crippen molar-refractivity contribution < 1.29 is 4.79 Å². The van der Waals surface area contributed by atoms with Crippen molar-refractivity contribution in [3.05, 3.63) is 51.5 Å². The molecule has 0 radical (unpaired) electrons. The standard InChI is InChI=1S/C22H31N5OS/c1-16-20(29-17(2)26-16)14-24-22(23-3)25-15-21(28)27-11-9-19(10-12-27)13-18-7-5-4-6-8-18/h4-8,19H,9-15H2,1-3H3,(H2,23,24,25). The number of hydrogen-bond donors (Lipinski definition) is 2. The average molecular weight is 414 g/mol. The number of nitrogens with zero attached hydrogens (tertiary/aromatic N) is 3. The summed E-state index contributed by atoms with van der Waals surface area (Å²) in [6.45, 7) is 6.63. The summed E-state index contributed by atoms with van der Waals surface area (Å²) in [5.74, 6) is 1.44. The molecule has 1 aliphatic heterocycles. The Labute approximate surface area is 177 Å². The van der Waals surface area contributed by atoms with Crippen LogP contribution < -0.4 is 10.6 Å². The Hall–Kier alpha value is -2.41. The molecule has 2 heterocycles. The number of nitrogens with one attached hydrogen (secondary N) is 2. The van der Waals surface area contributed by atoms with Crippen LogP contribution in [-0.2, 0) is 17.8 Å². The molecule has 1 aromatic carbocycles. The van der Waals surface area contributed by atoms with Gasteiger partial charge in [0, 0.05) is 25.0 Å². The molecule has 2 aromatic rings. The lowest BCUT2D eigenvalue weighted by molar-refractivity contribution is -0.131. The highest BCUT2D eigenvalue weighted by Crippen LogP contribution is 2.21. The Morgan fingerprint density at radius 2 is 1.93 bits per heavy atom. The minimum atomic E-state index is 0.135. The Balaban J connectivity index is 1.39. The number of hydrogen-bond acceptors (Lipinski definition) is 4. The summed E-state index contributed by atoms with van der Waals surface area (Å²) in [5.41, 5.74) is 2.44.